The average Bonchev–Trinajstić information content (AvgIpc) is 2.90. The van der Waals surface area contributed by atoms with Crippen molar-refractivity contribution in [3.8, 4) is 5.75 Å². The Kier molecular flexibility index (Phi) is 7.54. The van der Waals surface area contributed by atoms with Crippen LogP contribution in [0.5, 0.6) is 5.75 Å². The molecule has 5 heteroatoms. The third-order valence-corrected chi connectivity index (χ3v) is 3.63. The lowest BCUT2D eigenvalue weighted by molar-refractivity contribution is 0.0791. The molecule has 1 amide bonds. The third kappa shape index (κ3) is 5.21. The van der Waals surface area contributed by atoms with Crippen molar-refractivity contribution in [2.45, 2.75) is 38.6 Å². The number of amides is 1. The number of nitrogens with two attached hydrogens (primary N) is 1. The Bertz CT molecular complexity index is 436. The second kappa shape index (κ2) is 8.90. The number of ether oxygens (including phenoxy) is 1. The number of benzene rings is 1. The minimum absolute atomic E-state index is 0. The van der Waals surface area contributed by atoms with Crippen molar-refractivity contribution in [1.82, 2.24) is 4.90 Å². The van der Waals surface area contributed by atoms with E-state index >= 15 is 0 Å². The summed E-state index contributed by atoms with van der Waals surface area (Å²) in [6.07, 6.45) is 4.34. The third-order valence-electron chi connectivity index (χ3n) is 3.63. The number of hydrogen-bond acceptors (Lipinski definition) is 3. The van der Waals surface area contributed by atoms with Crippen LogP contribution in [-0.2, 0) is 0 Å². The summed E-state index contributed by atoms with van der Waals surface area (Å²) < 4.78 is 5.64. The first-order chi connectivity index (χ1) is 9.70. The van der Waals surface area contributed by atoms with Crippen LogP contribution in [0.4, 0.5) is 0 Å². The molecule has 1 heterocycles. The van der Waals surface area contributed by atoms with E-state index in [4.69, 9.17) is 10.5 Å². The second-order valence-corrected chi connectivity index (χ2v) is 5.38. The second-order valence-electron chi connectivity index (χ2n) is 5.38. The van der Waals surface area contributed by atoms with Gasteiger partial charge < -0.3 is 15.4 Å². The summed E-state index contributed by atoms with van der Waals surface area (Å²) >= 11 is 0. The van der Waals surface area contributed by atoms with E-state index in [9.17, 15) is 4.79 Å². The van der Waals surface area contributed by atoms with E-state index in [1.165, 1.54) is 12.8 Å². The molecule has 1 aromatic carbocycles. The van der Waals surface area contributed by atoms with E-state index in [1.807, 2.05) is 29.2 Å². The molecular weight excluding hydrogens is 288 g/mol. The van der Waals surface area contributed by atoms with Crippen LogP contribution in [0.15, 0.2) is 24.3 Å². The molecule has 0 aromatic heterocycles. The van der Waals surface area contributed by atoms with Crippen LogP contribution < -0.4 is 10.5 Å². The van der Waals surface area contributed by atoms with Crippen LogP contribution >= 0.6 is 12.4 Å². The number of rotatable bonds is 6. The molecule has 118 valence electrons. The van der Waals surface area contributed by atoms with Gasteiger partial charge in [0, 0.05) is 24.7 Å². The van der Waals surface area contributed by atoms with Crippen LogP contribution in [-0.4, -0.2) is 36.5 Å². The lowest BCUT2D eigenvalue weighted by Crippen LogP contribution is -2.31. The van der Waals surface area contributed by atoms with Gasteiger partial charge in [0.25, 0.3) is 5.91 Å². The molecule has 0 aliphatic carbocycles. The fourth-order valence-corrected chi connectivity index (χ4v) is 2.39. The first kappa shape index (κ1) is 17.8. The molecule has 1 atom stereocenters. The Morgan fingerprint density at radius 2 is 2.05 bits per heavy atom. The maximum atomic E-state index is 12.2. The number of carbonyl (C=O) groups excluding carboxylic acids is 1. The molecule has 0 saturated carbocycles. The van der Waals surface area contributed by atoms with E-state index in [-0.39, 0.29) is 24.4 Å². The van der Waals surface area contributed by atoms with Crippen LogP contribution in [0.3, 0.4) is 0 Å². The first-order valence-corrected chi connectivity index (χ1v) is 7.48. The monoisotopic (exact) mass is 312 g/mol. The van der Waals surface area contributed by atoms with Gasteiger partial charge in [0.1, 0.15) is 5.75 Å². The van der Waals surface area contributed by atoms with Gasteiger partial charge in [0.15, 0.2) is 0 Å². The van der Waals surface area contributed by atoms with Crippen molar-refractivity contribution in [1.29, 1.82) is 0 Å². The van der Waals surface area contributed by atoms with Gasteiger partial charge in [-0.1, -0.05) is 19.8 Å². The summed E-state index contributed by atoms with van der Waals surface area (Å²) in [7, 11) is 0. The molecule has 0 unspecified atom stereocenters. The van der Waals surface area contributed by atoms with Crippen LogP contribution in [0.2, 0.25) is 0 Å². The van der Waals surface area contributed by atoms with E-state index in [0.29, 0.717) is 12.1 Å². The summed E-state index contributed by atoms with van der Waals surface area (Å²) in [4.78, 5) is 14.1. The standard InChI is InChI=1S/C16H24N2O2.ClH/c1-2-3-4-11-20-15-7-5-13(6-8-15)16(19)18-10-9-14(17)12-18;/h5-8,14H,2-4,9-12,17H2,1H3;1H/t14-;/m1./s1. The predicted molar refractivity (Wildman–Crippen MR) is 87.2 cm³/mol. The van der Waals surface area contributed by atoms with Gasteiger partial charge in [-0.2, -0.15) is 0 Å². The Hall–Kier alpha value is -1.26. The Labute approximate surface area is 133 Å². The largest absolute Gasteiger partial charge is 0.494 e. The van der Waals surface area contributed by atoms with Crippen molar-refractivity contribution in [2.24, 2.45) is 5.73 Å². The Balaban J connectivity index is 0.00000220. The fraction of sp³-hybridized carbons (Fsp3) is 0.562. The van der Waals surface area contributed by atoms with Gasteiger partial charge in [-0.15, -0.1) is 12.4 Å². The molecule has 21 heavy (non-hydrogen) atoms. The topological polar surface area (TPSA) is 55.6 Å². The lowest BCUT2D eigenvalue weighted by atomic mass is 10.2. The highest BCUT2D eigenvalue weighted by Gasteiger charge is 2.24. The van der Waals surface area contributed by atoms with E-state index < -0.39 is 0 Å². The molecule has 2 rings (SSSR count). The zero-order valence-electron chi connectivity index (χ0n) is 12.6. The van der Waals surface area contributed by atoms with Gasteiger partial charge in [0.2, 0.25) is 0 Å². The number of nitrogens with zero attached hydrogens (tertiary/aromatic N) is 1. The van der Waals surface area contributed by atoms with E-state index in [0.717, 1.165) is 31.7 Å². The van der Waals surface area contributed by atoms with Gasteiger partial charge in [-0.05, 0) is 37.1 Å². The average molecular weight is 313 g/mol. The zero-order valence-corrected chi connectivity index (χ0v) is 13.4. The first-order valence-electron chi connectivity index (χ1n) is 7.48. The summed E-state index contributed by atoms with van der Waals surface area (Å²) in [6.45, 7) is 4.33. The maximum Gasteiger partial charge on any atom is 0.253 e. The minimum Gasteiger partial charge on any atom is -0.494 e. The molecular formula is C16H25ClN2O2. The molecule has 2 N–H and O–H groups in total. The highest BCUT2D eigenvalue weighted by molar-refractivity contribution is 5.94. The minimum atomic E-state index is 0. The molecule has 1 aliphatic rings. The predicted octanol–water partition coefficient (Wildman–Crippen LogP) is 2.85. The van der Waals surface area contributed by atoms with Crippen molar-refractivity contribution < 1.29 is 9.53 Å². The smallest absolute Gasteiger partial charge is 0.253 e. The van der Waals surface area contributed by atoms with Crippen LogP contribution in [0.25, 0.3) is 0 Å². The van der Waals surface area contributed by atoms with Crippen LogP contribution in [0.1, 0.15) is 43.0 Å². The van der Waals surface area contributed by atoms with Crippen molar-refractivity contribution in [2.75, 3.05) is 19.7 Å². The van der Waals surface area contributed by atoms with E-state index in [1.54, 1.807) is 0 Å². The number of likely N-dealkylation sites (tertiary alicyclic amines) is 1. The van der Waals surface area contributed by atoms with E-state index in [2.05, 4.69) is 6.92 Å². The molecule has 1 fully saturated rings. The molecule has 1 aliphatic heterocycles. The quantitative estimate of drug-likeness (QED) is 0.822. The number of unbranched alkanes of at least 4 members (excludes halogenated alkanes) is 2. The summed E-state index contributed by atoms with van der Waals surface area (Å²) in [6, 6.07) is 7.53. The van der Waals surface area contributed by atoms with Gasteiger partial charge in [0.05, 0.1) is 6.61 Å². The van der Waals surface area contributed by atoms with Crippen molar-refractivity contribution in [3.05, 3.63) is 29.8 Å². The molecule has 0 radical (unpaired) electrons. The normalized spacial score (nSPS) is 17.4. The summed E-state index contributed by atoms with van der Waals surface area (Å²) in [5.41, 5.74) is 6.54. The van der Waals surface area contributed by atoms with Crippen molar-refractivity contribution in [3.63, 3.8) is 0 Å². The number of halogens is 1. The molecule has 1 aromatic rings. The number of carbonyl (C=O) groups is 1. The van der Waals surface area contributed by atoms with Crippen LogP contribution in [0, 0.1) is 0 Å². The molecule has 1 saturated heterocycles. The molecule has 4 nitrogen and oxygen atoms in total. The van der Waals surface area contributed by atoms with Gasteiger partial charge in [-0.25, -0.2) is 0 Å². The van der Waals surface area contributed by atoms with Crippen molar-refractivity contribution >= 4 is 18.3 Å². The summed E-state index contributed by atoms with van der Waals surface area (Å²) in [5.74, 6) is 0.895. The Morgan fingerprint density at radius 3 is 2.62 bits per heavy atom. The lowest BCUT2D eigenvalue weighted by Gasteiger charge is -2.16. The number of hydrogen-bond donors (Lipinski definition) is 1. The maximum absolute atomic E-state index is 12.2. The highest BCUT2D eigenvalue weighted by Crippen LogP contribution is 2.16. The van der Waals surface area contributed by atoms with Gasteiger partial charge >= 0.3 is 0 Å². The fourth-order valence-electron chi connectivity index (χ4n) is 2.39. The Morgan fingerprint density at radius 1 is 1.33 bits per heavy atom. The molecule has 0 bridgehead atoms. The molecule has 0 spiro atoms. The summed E-state index contributed by atoms with van der Waals surface area (Å²) in [5, 5.41) is 0. The zero-order chi connectivity index (χ0) is 14.4. The highest BCUT2D eigenvalue weighted by atomic mass is 35.5. The SMILES string of the molecule is CCCCCOc1ccc(C(=O)N2CC[C@@H](N)C2)cc1.Cl. The van der Waals surface area contributed by atoms with Gasteiger partial charge in [-0.3, -0.25) is 4.79 Å².